The SMILES string of the molecule is COc1ccc2c(c1)CC1CCC(C2)n2c1nnc2C12CC3CC(CC(C3)C1)C2.O=C(O)C(F)(F)F. The molecular formula is C27H32F3N3O3. The van der Waals surface area contributed by atoms with Gasteiger partial charge in [0.2, 0.25) is 0 Å². The quantitative estimate of drug-likeness (QED) is 0.577. The number of carbonyl (C=O) groups is 1. The molecule has 1 aromatic carbocycles. The minimum atomic E-state index is -5.08. The third-order valence-corrected chi connectivity index (χ3v) is 9.39. The lowest BCUT2D eigenvalue weighted by atomic mass is 9.49. The van der Waals surface area contributed by atoms with Crippen molar-refractivity contribution in [2.75, 3.05) is 7.11 Å². The third-order valence-electron chi connectivity index (χ3n) is 9.39. The zero-order valence-corrected chi connectivity index (χ0v) is 20.4. The topological polar surface area (TPSA) is 77.2 Å². The van der Waals surface area contributed by atoms with Crippen LogP contribution in [0.2, 0.25) is 0 Å². The molecule has 0 amide bonds. The zero-order valence-electron chi connectivity index (χ0n) is 20.4. The van der Waals surface area contributed by atoms with Gasteiger partial charge in [0, 0.05) is 17.4 Å². The van der Waals surface area contributed by atoms with Crippen LogP contribution in [0.3, 0.4) is 0 Å². The highest BCUT2D eigenvalue weighted by atomic mass is 19.4. The minimum absolute atomic E-state index is 0.335. The van der Waals surface area contributed by atoms with E-state index in [0.29, 0.717) is 17.4 Å². The molecule has 2 aliphatic heterocycles. The number of ether oxygens (including phenoxy) is 1. The van der Waals surface area contributed by atoms with Crippen LogP contribution >= 0.6 is 0 Å². The number of benzene rings is 1. The number of carboxylic acids is 1. The normalized spacial score (nSPS) is 33.6. The van der Waals surface area contributed by atoms with Gasteiger partial charge in [0.25, 0.3) is 0 Å². The molecule has 7 aliphatic rings. The molecule has 0 radical (unpaired) electrons. The van der Waals surface area contributed by atoms with E-state index in [0.717, 1.165) is 36.3 Å². The molecule has 2 aromatic rings. The summed E-state index contributed by atoms with van der Waals surface area (Å²) in [4.78, 5) is 8.90. The van der Waals surface area contributed by atoms with Gasteiger partial charge in [-0.1, -0.05) is 6.07 Å². The Balaban J connectivity index is 0.000000305. The molecule has 4 saturated carbocycles. The van der Waals surface area contributed by atoms with Gasteiger partial charge in [-0.25, -0.2) is 4.79 Å². The van der Waals surface area contributed by atoms with Crippen molar-refractivity contribution in [1.82, 2.24) is 14.8 Å². The van der Waals surface area contributed by atoms with Crippen LogP contribution in [0, 0.1) is 17.8 Å². The molecule has 2 unspecified atom stereocenters. The summed E-state index contributed by atoms with van der Waals surface area (Å²) in [6.07, 6.45) is 8.24. The molecule has 6 bridgehead atoms. The number of hydrogen-bond acceptors (Lipinski definition) is 4. The number of rotatable bonds is 2. The van der Waals surface area contributed by atoms with Crippen LogP contribution in [0.25, 0.3) is 0 Å². The van der Waals surface area contributed by atoms with Gasteiger partial charge in [-0.15, -0.1) is 10.2 Å². The standard InChI is InChI=1S/C25H31N3O.C2HF3O2/c1-29-22-5-3-18-10-21-4-2-19(9-20(18)11-22)23-26-27-24(28(21)23)25-12-15-6-16(13-25)8-17(7-15)14-25;3-2(4,5)1(6)7/h3,5,11,15-17,19,21H,2,4,6-10,12-14H2,1H3;(H,6,7). The van der Waals surface area contributed by atoms with Gasteiger partial charge in [0.05, 0.1) is 7.11 Å². The summed E-state index contributed by atoms with van der Waals surface area (Å²) >= 11 is 0. The maximum absolute atomic E-state index is 10.6. The molecule has 6 nitrogen and oxygen atoms in total. The second kappa shape index (κ2) is 8.48. The van der Waals surface area contributed by atoms with Gasteiger partial charge in [0.15, 0.2) is 0 Å². The van der Waals surface area contributed by atoms with Crippen molar-refractivity contribution in [1.29, 1.82) is 0 Å². The molecule has 1 N–H and O–H groups in total. The van der Waals surface area contributed by atoms with E-state index in [2.05, 4.69) is 22.8 Å². The fourth-order valence-corrected chi connectivity index (χ4v) is 8.36. The lowest BCUT2D eigenvalue weighted by Gasteiger charge is -2.56. The van der Waals surface area contributed by atoms with Gasteiger partial charge in [-0.05, 0) is 105 Å². The highest BCUT2D eigenvalue weighted by Crippen LogP contribution is 2.61. The molecular weight excluding hydrogens is 471 g/mol. The second-order valence-corrected chi connectivity index (χ2v) is 11.7. The molecule has 5 aliphatic carbocycles. The Kier molecular flexibility index (Phi) is 5.61. The third kappa shape index (κ3) is 3.98. The number of carboxylic acid groups (broad SMARTS) is 1. The van der Waals surface area contributed by atoms with Crippen LogP contribution in [-0.2, 0) is 23.1 Å². The average Bonchev–Trinajstić information content (AvgIpc) is 3.25. The molecule has 3 heterocycles. The summed E-state index contributed by atoms with van der Waals surface area (Å²) in [7, 11) is 1.77. The first-order chi connectivity index (χ1) is 17.1. The van der Waals surface area contributed by atoms with Crippen LogP contribution in [0.15, 0.2) is 18.2 Å². The predicted octanol–water partition coefficient (Wildman–Crippen LogP) is 5.61. The largest absolute Gasteiger partial charge is 0.497 e. The number of aromatic nitrogens is 3. The predicted molar refractivity (Wildman–Crippen MR) is 125 cm³/mol. The highest BCUT2D eigenvalue weighted by Gasteiger charge is 2.55. The summed E-state index contributed by atoms with van der Waals surface area (Å²) in [5.74, 6) is 4.27. The first-order valence-corrected chi connectivity index (χ1v) is 13.1. The van der Waals surface area contributed by atoms with Crippen LogP contribution in [0.4, 0.5) is 13.2 Å². The Morgan fingerprint density at radius 2 is 1.67 bits per heavy atom. The summed E-state index contributed by atoms with van der Waals surface area (Å²) < 4.78 is 39.9. The van der Waals surface area contributed by atoms with E-state index >= 15 is 0 Å². The Labute approximate surface area is 208 Å². The summed E-state index contributed by atoms with van der Waals surface area (Å²) in [6.45, 7) is 0. The Morgan fingerprint density at radius 1 is 1.03 bits per heavy atom. The molecule has 9 rings (SSSR count). The van der Waals surface area contributed by atoms with Gasteiger partial charge in [-0.2, -0.15) is 13.2 Å². The smallest absolute Gasteiger partial charge is 0.490 e. The summed E-state index contributed by atoms with van der Waals surface area (Å²) in [5, 5.41) is 17.0. The van der Waals surface area contributed by atoms with Crippen LogP contribution in [0.1, 0.15) is 86.1 Å². The fourth-order valence-electron chi connectivity index (χ4n) is 8.36. The van der Waals surface area contributed by atoms with Crippen molar-refractivity contribution >= 4 is 5.97 Å². The van der Waals surface area contributed by atoms with Gasteiger partial charge < -0.3 is 14.4 Å². The number of methoxy groups -OCH3 is 1. The number of aliphatic carboxylic acids is 1. The fraction of sp³-hybridized carbons (Fsp3) is 0.667. The van der Waals surface area contributed by atoms with E-state index in [1.807, 2.05) is 0 Å². The maximum Gasteiger partial charge on any atom is 0.490 e. The van der Waals surface area contributed by atoms with E-state index in [1.54, 1.807) is 7.11 Å². The van der Waals surface area contributed by atoms with Crippen molar-refractivity contribution in [3.63, 3.8) is 0 Å². The lowest BCUT2D eigenvalue weighted by Crippen LogP contribution is -2.50. The second-order valence-electron chi connectivity index (χ2n) is 11.7. The van der Waals surface area contributed by atoms with Gasteiger partial charge in [-0.3, -0.25) is 0 Å². The number of nitrogens with zero attached hydrogens (tertiary/aromatic N) is 3. The molecule has 0 spiro atoms. The lowest BCUT2D eigenvalue weighted by molar-refractivity contribution is -0.192. The van der Waals surface area contributed by atoms with E-state index in [4.69, 9.17) is 24.8 Å². The molecule has 194 valence electrons. The molecule has 9 heteroatoms. The zero-order chi connectivity index (χ0) is 25.2. The summed E-state index contributed by atoms with van der Waals surface area (Å²) in [5.41, 5.74) is 3.31. The minimum Gasteiger partial charge on any atom is -0.497 e. The number of alkyl halides is 3. The van der Waals surface area contributed by atoms with Crippen LogP contribution < -0.4 is 4.74 Å². The number of hydrogen-bond donors (Lipinski definition) is 1. The van der Waals surface area contributed by atoms with Crippen molar-refractivity contribution in [3.05, 3.63) is 41.0 Å². The van der Waals surface area contributed by atoms with E-state index in [-0.39, 0.29) is 0 Å². The number of fused-ring (bicyclic) bond motifs is 1. The Morgan fingerprint density at radius 3 is 2.25 bits per heavy atom. The highest BCUT2D eigenvalue weighted by molar-refractivity contribution is 5.73. The first-order valence-electron chi connectivity index (χ1n) is 13.1. The summed E-state index contributed by atoms with van der Waals surface area (Å²) in [6, 6.07) is 7.24. The van der Waals surface area contributed by atoms with Crippen LogP contribution in [0.5, 0.6) is 5.75 Å². The monoisotopic (exact) mass is 503 g/mol. The van der Waals surface area contributed by atoms with Crippen molar-refractivity contribution in [3.8, 4) is 5.75 Å². The van der Waals surface area contributed by atoms with Gasteiger partial charge in [0.1, 0.15) is 17.4 Å². The van der Waals surface area contributed by atoms with E-state index in [9.17, 15) is 13.2 Å². The van der Waals surface area contributed by atoms with E-state index < -0.39 is 12.1 Å². The van der Waals surface area contributed by atoms with E-state index in [1.165, 1.54) is 74.1 Å². The van der Waals surface area contributed by atoms with Crippen molar-refractivity contribution < 1.29 is 27.8 Å². The van der Waals surface area contributed by atoms with Crippen LogP contribution in [-0.4, -0.2) is 39.1 Å². The molecule has 2 atom stereocenters. The Bertz CT molecular complexity index is 1140. The Hall–Kier alpha value is -2.58. The maximum atomic E-state index is 10.6. The molecule has 1 aromatic heterocycles. The van der Waals surface area contributed by atoms with Crippen molar-refractivity contribution in [2.24, 2.45) is 17.8 Å². The van der Waals surface area contributed by atoms with Crippen molar-refractivity contribution in [2.45, 2.75) is 87.8 Å². The number of halogens is 3. The first kappa shape index (κ1) is 23.8. The average molecular weight is 504 g/mol. The molecule has 4 fully saturated rings. The van der Waals surface area contributed by atoms with Gasteiger partial charge >= 0.3 is 12.1 Å². The molecule has 36 heavy (non-hydrogen) atoms. The molecule has 0 saturated heterocycles.